The number of H-pyrrole nitrogens is 1. The van der Waals surface area contributed by atoms with Crippen molar-refractivity contribution in [1.82, 2.24) is 4.98 Å². The zero-order chi connectivity index (χ0) is 16.3. The Balaban J connectivity index is 2.72. The largest absolute Gasteiger partial charge is 0.465 e. The second-order valence-corrected chi connectivity index (χ2v) is 4.29. The summed E-state index contributed by atoms with van der Waals surface area (Å²) < 4.78 is 4.59. The maximum atomic E-state index is 11.8. The number of aromatic nitrogens is 1. The summed E-state index contributed by atoms with van der Waals surface area (Å²) in [5, 5.41) is 18.4. The number of methoxy groups -OCH3 is 1. The Morgan fingerprint density at radius 1 is 1.18 bits per heavy atom. The number of nitrogen functional groups attached to an aromatic ring is 1. The number of pyridine rings is 1. The number of rotatable bonds is 2. The molecule has 0 fully saturated rings. The number of nitrogens with two attached hydrogens (primary N) is 1. The first-order valence-electron chi connectivity index (χ1n) is 6.08. The maximum Gasteiger partial charge on any atom is 0.337 e. The van der Waals surface area contributed by atoms with E-state index in [-0.39, 0.29) is 22.5 Å². The number of aromatic amines is 1. The maximum absolute atomic E-state index is 11.8. The Bertz CT molecular complexity index is 883. The number of hydrogen-bond acceptors (Lipinski definition) is 6. The summed E-state index contributed by atoms with van der Waals surface area (Å²) in [5.74, 6) is -0.628. The van der Waals surface area contributed by atoms with Crippen molar-refractivity contribution >= 4 is 11.8 Å². The predicted molar refractivity (Wildman–Crippen MR) is 77.7 cm³/mol. The van der Waals surface area contributed by atoms with E-state index in [9.17, 15) is 14.9 Å². The molecule has 7 heteroatoms. The van der Waals surface area contributed by atoms with Crippen molar-refractivity contribution in [3.63, 3.8) is 0 Å². The average molecular weight is 294 g/mol. The Kier molecular flexibility index (Phi) is 3.92. The molecule has 0 unspecified atom stereocenters. The molecule has 2 aromatic rings. The minimum atomic E-state index is -0.675. The molecule has 0 aliphatic rings. The lowest BCUT2D eigenvalue weighted by Crippen LogP contribution is -2.16. The average Bonchev–Trinajstić information content (AvgIpc) is 2.53. The van der Waals surface area contributed by atoms with Gasteiger partial charge < -0.3 is 15.5 Å². The summed E-state index contributed by atoms with van der Waals surface area (Å²) in [6.45, 7) is 0. The van der Waals surface area contributed by atoms with Crippen molar-refractivity contribution in [3.8, 4) is 23.3 Å². The van der Waals surface area contributed by atoms with Crippen LogP contribution in [-0.4, -0.2) is 18.1 Å². The molecule has 0 atom stereocenters. The van der Waals surface area contributed by atoms with Gasteiger partial charge in [0.15, 0.2) is 0 Å². The number of carbonyl (C=O) groups excluding carboxylic acids is 1. The molecule has 3 N–H and O–H groups in total. The highest BCUT2D eigenvalue weighted by molar-refractivity contribution is 5.90. The molecule has 7 nitrogen and oxygen atoms in total. The number of carbonyl (C=O) groups is 1. The lowest BCUT2D eigenvalue weighted by Gasteiger charge is -2.09. The standard InChI is InChI=1S/C15H10N4O3/c1-22-15(21)9-4-2-8(3-5-9)12-10(6-16)13(18)19-14(20)11(12)7-17/h2-5H,1H3,(H3,18,19,20). The van der Waals surface area contributed by atoms with Gasteiger partial charge in [0.25, 0.3) is 5.56 Å². The molecule has 0 saturated heterocycles. The van der Waals surface area contributed by atoms with E-state index in [1.54, 1.807) is 6.07 Å². The molecule has 2 rings (SSSR count). The van der Waals surface area contributed by atoms with Gasteiger partial charge in [-0.15, -0.1) is 0 Å². The quantitative estimate of drug-likeness (QED) is 0.798. The minimum absolute atomic E-state index is 0.00182. The molecule has 0 saturated carbocycles. The van der Waals surface area contributed by atoms with E-state index in [1.807, 2.05) is 6.07 Å². The van der Waals surface area contributed by atoms with Gasteiger partial charge in [-0.3, -0.25) is 4.79 Å². The number of anilines is 1. The SMILES string of the molecule is COC(=O)c1ccc(-c2c(C#N)c(N)[nH]c(=O)c2C#N)cc1. The van der Waals surface area contributed by atoms with Gasteiger partial charge in [-0.2, -0.15) is 10.5 Å². The van der Waals surface area contributed by atoms with Crippen LogP contribution in [0.2, 0.25) is 0 Å². The Morgan fingerprint density at radius 2 is 1.77 bits per heavy atom. The smallest absolute Gasteiger partial charge is 0.337 e. The molecule has 0 amide bonds. The van der Waals surface area contributed by atoms with E-state index >= 15 is 0 Å². The first-order chi connectivity index (χ1) is 10.5. The summed E-state index contributed by atoms with van der Waals surface area (Å²) in [6, 6.07) is 9.62. The highest BCUT2D eigenvalue weighted by Gasteiger charge is 2.18. The van der Waals surface area contributed by atoms with Crippen LogP contribution in [-0.2, 0) is 4.74 Å². The Hall–Kier alpha value is -3.58. The fourth-order valence-electron chi connectivity index (χ4n) is 2.02. The Labute approximate surface area is 125 Å². The molecule has 108 valence electrons. The molecule has 0 spiro atoms. The van der Waals surface area contributed by atoms with E-state index < -0.39 is 11.5 Å². The highest BCUT2D eigenvalue weighted by atomic mass is 16.5. The zero-order valence-corrected chi connectivity index (χ0v) is 11.5. The van der Waals surface area contributed by atoms with Gasteiger partial charge in [-0.1, -0.05) is 12.1 Å². The summed E-state index contributed by atoms with van der Waals surface area (Å²) >= 11 is 0. The number of hydrogen-bond donors (Lipinski definition) is 2. The third kappa shape index (κ3) is 2.39. The van der Waals surface area contributed by atoms with Crippen LogP contribution >= 0.6 is 0 Å². The molecule has 0 aliphatic carbocycles. The third-order valence-electron chi connectivity index (χ3n) is 3.06. The molecule has 0 radical (unpaired) electrons. The molecule has 22 heavy (non-hydrogen) atoms. The zero-order valence-electron chi connectivity index (χ0n) is 11.5. The van der Waals surface area contributed by atoms with E-state index in [4.69, 9.17) is 11.0 Å². The van der Waals surface area contributed by atoms with Crippen LogP contribution in [0.1, 0.15) is 21.5 Å². The number of nitriles is 2. The van der Waals surface area contributed by atoms with Crippen molar-refractivity contribution in [2.45, 2.75) is 0 Å². The van der Waals surface area contributed by atoms with Crippen molar-refractivity contribution in [3.05, 3.63) is 51.3 Å². The van der Waals surface area contributed by atoms with Gasteiger partial charge in [-0.05, 0) is 17.7 Å². The topological polar surface area (TPSA) is 133 Å². The van der Waals surface area contributed by atoms with Gasteiger partial charge >= 0.3 is 5.97 Å². The first-order valence-corrected chi connectivity index (χ1v) is 6.08. The van der Waals surface area contributed by atoms with E-state index in [0.717, 1.165) is 0 Å². The fourth-order valence-corrected chi connectivity index (χ4v) is 2.02. The monoisotopic (exact) mass is 294 g/mol. The Morgan fingerprint density at radius 3 is 2.27 bits per heavy atom. The van der Waals surface area contributed by atoms with E-state index in [0.29, 0.717) is 11.1 Å². The first kappa shape index (κ1) is 14.8. The van der Waals surface area contributed by atoms with E-state index in [2.05, 4.69) is 9.72 Å². The van der Waals surface area contributed by atoms with Crippen LogP contribution in [0.15, 0.2) is 29.1 Å². The van der Waals surface area contributed by atoms with Crippen LogP contribution in [0.3, 0.4) is 0 Å². The molecule has 0 bridgehead atoms. The van der Waals surface area contributed by atoms with Gasteiger partial charge in [0.05, 0.1) is 12.7 Å². The van der Waals surface area contributed by atoms with Crippen molar-refractivity contribution in [2.75, 3.05) is 12.8 Å². The van der Waals surface area contributed by atoms with Crippen LogP contribution in [0.4, 0.5) is 5.82 Å². The molecule has 1 aromatic heterocycles. The van der Waals surface area contributed by atoms with Gasteiger partial charge in [0.1, 0.15) is 29.1 Å². The predicted octanol–water partition coefficient (Wildman–Crippen LogP) is 1.15. The summed E-state index contributed by atoms with van der Waals surface area (Å²) in [4.78, 5) is 25.5. The molecular formula is C15H10N4O3. The van der Waals surface area contributed by atoms with Crippen LogP contribution in [0, 0.1) is 22.7 Å². The molecule has 1 heterocycles. The number of benzene rings is 1. The highest BCUT2D eigenvalue weighted by Crippen LogP contribution is 2.28. The summed E-state index contributed by atoms with van der Waals surface area (Å²) in [5.41, 5.74) is 5.62. The van der Waals surface area contributed by atoms with Gasteiger partial charge in [0, 0.05) is 5.56 Å². The number of nitrogens with one attached hydrogen (secondary N) is 1. The number of nitrogens with zero attached hydrogens (tertiary/aromatic N) is 2. The van der Waals surface area contributed by atoms with Crippen molar-refractivity contribution in [2.24, 2.45) is 0 Å². The summed E-state index contributed by atoms with van der Waals surface area (Å²) in [6.07, 6.45) is 0. The lowest BCUT2D eigenvalue weighted by molar-refractivity contribution is 0.0601. The van der Waals surface area contributed by atoms with Gasteiger partial charge in [0.2, 0.25) is 0 Å². The normalized spacial score (nSPS) is 9.59. The van der Waals surface area contributed by atoms with Crippen LogP contribution in [0.25, 0.3) is 11.1 Å². The lowest BCUT2D eigenvalue weighted by atomic mass is 9.96. The van der Waals surface area contributed by atoms with E-state index in [1.165, 1.54) is 31.4 Å². The number of ether oxygens (including phenoxy) is 1. The second kappa shape index (κ2) is 5.81. The van der Waals surface area contributed by atoms with Crippen molar-refractivity contribution in [1.29, 1.82) is 10.5 Å². The third-order valence-corrected chi connectivity index (χ3v) is 3.06. The van der Waals surface area contributed by atoms with Gasteiger partial charge in [-0.25, -0.2) is 4.79 Å². The van der Waals surface area contributed by atoms with Crippen LogP contribution in [0.5, 0.6) is 0 Å². The second-order valence-electron chi connectivity index (χ2n) is 4.29. The minimum Gasteiger partial charge on any atom is -0.465 e. The molecular weight excluding hydrogens is 284 g/mol. The molecule has 1 aromatic carbocycles. The van der Waals surface area contributed by atoms with Crippen LogP contribution < -0.4 is 11.3 Å². The summed E-state index contributed by atoms with van der Waals surface area (Å²) in [7, 11) is 1.26. The van der Waals surface area contributed by atoms with Crippen molar-refractivity contribution < 1.29 is 9.53 Å². The number of esters is 1. The molecule has 0 aliphatic heterocycles. The fraction of sp³-hybridized carbons (Fsp3) is 0.0667.